The van der Waals surface area contributed by atoms with Gasteiger partial charge in [-0.3, -0.25) is 4.79 Å². The number of nitroso groups, excluding NO2 is 1. The van der Waals surface area contributed by atoms with Gasteiger partial charge in [-0.2, -0.15) is 0 Å². The Hall–Kier alpha value is -3.53. The van der Waals surface area contributed by atoms with Crippen molar-refractivity contribution in [3.8, 4) is 11.5 Å². The van der Waals surface area contributed by atoms with Gasteiger partial charge in [0.15, 0.2) is 12.8 Å². The highest BCUT2D eigenvalue weighted by Gasteiger charge is 2.31. The summed E-state index contributed by atoms with van der Waals surface area (Å²) in [6.07, 6.45) is 0. The Kier molecular flexibility index (Phi) is 6.39. The molecule has 2 aromatic rings. The van der Waals surface area contributed by atoms with Gasteiger partial charge >= 0.3 is 5.69 Å². The largest absolute Gasteiger partial charge is 0.500 e. The summed E-state index contributed by atoms with van der Waals surface area (Å²) >= 11 is 0. The molecule has 142 valence electrons. The van der Waals surface area contributed by atoms with Gasteiger partial charge in [-0.25, -0.2) is 4.84 Å². The summed E-state index contributed by atoms with van der Waals surface area (Å²) in [5.74, 6) is -0.575. The number of rotatable bonds is 4. The van der Waals surface area contributed by atoms with Crippen molar-refractivity contribution in [3.63, 3.8) is 0 Å². The second-order valence-electron chi connectivity index (χ2n) is 5.17. The number of aliphatic hydroxyl groups excluding tert-OH is 1. The van der Waals surface area contributed by atoms with Crippen LogP contribution in [0.3, 0.4) is 0 Å². The summed E-state index contributed by atoms with van der Waals surface area (Å²) in [5, 5.41) is 19.6. The molecule has 0 bridgehead atoms. The third-order valence-corrected chi connectivity index (χ3v) is 3.75. The number of hydrogen-bond donors (Lipinski definition) is 2. The molecular weight excluding hydrogens is 358 g/mol. The Morgan fingerprint density at radius 3 is 2.67 bits per heavy atom. The number of para-hydroxylation sites is 2. The van der Waals surface area contributed by atoms with E-state index in [0.717, 1.165) is 26.4 Å². The Morgan fingerprint density at radius 1 is 1.30 bits per heavy atom. The highest BCUT2D eigenvalue weighted by molar-refractivity contribution is 6.08. The van der Waals surface area contributed by atoms with Gasteiger partial charge in [0.2, 0.25) is 5.75 Å². The average Bonchev–Trinajstić information content (AvgIpc) is 2.73. The minimum atomic E-state index is -0.661. The number of fused-ring (bicyclic) bond motifs is 1. The van der Waals surface area contributed by atoms with Crippen LogP contribution in [0.25, 0.3) is 0 Å². The molecule has 0 aliphatic carbocycles. The number of amides is 1. The summed E-state index contributed by atoms with van der Waals surface area (Å²) in [5.41, 5.74) is -0.235. The lowest BCUT2D eigenvalue weighted by Crippen LogP contribution is -2.37. The summed E-state index contributed by atoms with van der Waals surface area (Å²) in [6, 6.07) is 9.27. The van der Waals surface area contributed by atoms with Crippen molar-refractivity contribution in [1.29, 1.82) is 0 Å². The maximum Gasteiger partial charge on any atom is 0.361 e. The maximum atomic E-state index is 12.9. The molecule has 0 radical (unpaired) electrons. The molecule has 0 aromatic heterocycles. The number of nitrogens with zero attached hydrogens (tertiary/aromatic N) is 3. The van der Waals surface area contributed by atoms with Gasteiger partial charge < -0.3 is 19.8 Å². The standard InChI is InChI=1S/C16H13N3O6.CH4O/c1-24-19(23)13-9-10(8-11(17-22)15(13)20)16(21)18-6-7-25-14-5-3-2-4-12(14)18;1-2/h2-5,8-9H,6-7H2,1H3;2H,1H3/p+1. The molecule has 0 spiro atoms. The number of aliphatic hydroxyl groups is 1. The lowest BCUT2D eigenvalue weighted by atomic mass is 10.1. The van der Waals surface area contributed by atoms with Crippen LogP contribution in [0.4, 0.5) is 17.1 Å². The summed E-state index contributed by atoms with van der Waals surface area (Å²) in [7, 11) is 2.09. The number of benzene rings is 2. The molecule has 3 rings (SSSR count). The first-order valence-corrected chi connectivity index (χ1v) is 7.77. The molecule has 0 saturated heterocycles. The number of phenols is 1. The van der Waals surface area contributed by atoms with Crippen molar-refractivity contribution in [2.75, 3.05) is 32.3 Å². The molecule has 1 aliphatic rings. The molecule has 1 heterocycles. The zero-order valence-electron chi connectivity index (χ0n) is 14.7. The lowest BCUT2D eigenvalue weighted by molar-refractivity contribution is -0.736. The Bertz CT molecular complexity index is 870. The molecule has 0 atom stereocenters. The number of ether oxygens (including phenoxy) is 1. The Balaban J connectivity index is 0.00000126. The molecule has 2 N–H and O–H groups in total. The van der Waals surface area contributed by atoms with Crippen LogP contribution in [0.2, 0.25) is 0 Å². The van der Waals surface area contributed by atoms with E-state index in [4.69, 9.17) is 9.84 Å². The SMILES string of the molecule is CO.CO[N+](=O)c1cc(C(=O)N2CCOc3ccccc32)cc(N=O)c1O. The van der Waals surface area contributed by atoms with Crippen LogP contribution in [0.5, 0.6) is 11.5 Å². The molecule has 0 unspecified atom stereocenters. The van der Waals surface area contributed by atoms with Crippen LogP contribution in [0.15, 0.2) is 41.6 Å². The van der Waals surface area contributed by atoms with Gasteiger partial charge in [0.1, 0.15) is 12.4 Å². The second-order valence-corrected chi connectivity index (χ2v) is 5.17. The average molecular weight is 376 g/mol. The molecule has 27 heavy (non-hydrogen) atoms. The van der Waals surface area contributed by atoms with E-state index in [-0.39, 0.29) is 16.2 Å². The monoisotopic (exact) mass is 376 g/mol. The minimum absolute atomic E-state index is 0.00590. The van der Waals surface area contributed by atoms with Crippen LogP contribution in [0.1, 0.15) is 10.4 Å². The molecule has 1 amide bonds. The minimum Gasteiger partial charge on any atom is -0.500 e. The summed E-state index contributed by atoms with van der Waals surface area (Å²) in [4.78, 5) is 41.5. The number of hydrogen-bond acceptors (Lipinski definition) is 8. The van der Waals surface area contributed by atoms with E-state index in [9.17, 15) is 19.7 Å². The van der Waals surface area contributed by atoms with Gasteiger partial charge in [0.05, 0.1) is 17.1 Å². The third-order valence-electron chi connectivity index (χ3n) is 3.75. The third kappa shape index (κ3) is 3.85. The fourth-order valence-electron chi connectivity index (χ4n) is 2.57. The first-order valence-electron chi connectivity index (χ1n) is 7.77. The molecule has 10 heteroatoms. The maximum absolute atomic E-state index is 12.9. The molecule has 1 aliphatic heterocycles. The van der Waals surface area contributed by atoms with E-state index in [1.165, 1.54) is 4.90 Å². The fraction of sp³-hybridized carbons (Fsp3) is 0.235. The quantitative estimate of drug-likeness (QED) is 0.619. The van der Waals surface area contributed by atoms with Crippen LogP contribution in [0, 0.1) is 9.81 Å². The van der Waals surface area contributed by atoms with Crippen molar-refractivity contribution in [1.82, 2.24) is 0 Å². The lowest BCUT2D eigenvalue weighted by Gasteiger charge is -2.29. The zero-order chi connectivity index (χ0) is 20.0. The number of carbonyl (C=O) groups excluding carboxylic acids is 1. The van der Waals surface area contributed by atoms with Crippen molar-refractivity contribution < 1.29 is 29.5 Å². The normalized spacial score (nSPS) is 12.0. The van der Waals surface area contributed by atoms with E-state index in [1.54, 1.807) is 24.3 Å². The number of phenolic OH excluding ortho intramolecular Hbond substituents is 1. The number of aromatic hydroxyl groups is 1. The molecular formula is C17H18N3O7+. The van der Waals surface area contributed by atoms with E-state index in [2.05, 4.69) is 10.0 Å². The smallest absolute Gasteiger partial charge is 0.361 e. The van der Waals surface area contributed by atoms with Gasteiger partial charge in [-0.05, 0) is 23.4 Å². The summed E-state index contributed by atoms with van der Waals surface area (Å²) in [6.45, 7) is 0.597. The van der Waals surface area contributed by atoms with Crippen molar-refractivity contribution in [2.45, 2.75) is 0 Å². The summed E-state index contributed by atoms with van der Waals surface area (Å²) < 4.78 is 5.50. The van der Waals surface area contributed by atoms with Crippen molar-refractivity contribution in [2.24, 2.45) is 5.18 Å². The first kappa shape index (κ1) is 19.8. The predicted molar refractivity (Wildman–Crippen MR) is 95.6 cm³/mol. The molecule has 0 fully saturated rings. The van der Waals surface area contributed by atoms with Crippen molar-refractivity contribution >= 4 is 23.0 Å². The van der Waals surface area contributed by atoms with Gasteiger partial charge in [-0.15, -0.1) is 4.91 Å². The first-order chi connectivity index (χ1) is 13.1. The Morgan fingerprint density at radius 2 is 2.00 bits per heavy atom. The fourth-order valence-corrected chi connectivity index (χ4v) is 2.57. The topological polar surface area (TPSA) is 129 Å². The van der Waals surface area contributed by atoms with Crippen LogP contribution in [-0.4, -0.2) is 48.4 Å². The van der Waals surface area contributed by atoms with Crippen LogP contribution >= 0.6 is 0 Å². The van der Waals surface area contributed by atoms with Gasteiger partial charge in [-0.1, -0.05) is 12.1 Å². The highest BCUT2D eigenvalue weighted by Crippen LogP contribution is 2.39. The Labute approximate surface area is 154 Å². The number of anilines is 1. The van der Waals surface area contributed by atoms with E-state index in [1.807, 2.05) is 0 Å². The van der Waals surface area contributed by atoms with Crippen molar-refractivity contribution in [3.05, 3.63) is 51.8 Å². The highest BCUT2D eigenvalue weighted by atomic mass is 16.8. The van der Waals surface area contributed by atoms with E-state index >= 15 is 0 Å². The molecule has 2 aromatic carbocycles. The van der Waals surface area contributed by atoms with E-state index in [0.29, 0.717) is 24.6 Å². The van der Waals surface area contributed by atoms with Gasteiger partial charge in [0, 0.05) is 18.7 Å². The van der Waals surface area contributed by atoms with E-state index < -0.39 is 17.3 Å². The zero-order valence-corrected chi connectivity index (χ0v) is 14.7. The van der Waals surface area contributed by atoms with Crippen LogP contribution in [-0.2, 0) is 4.84 Å². The molecule has 10 nitrogen and oxygen atoms in total. The van der Waals surface area contributed by atoms with Crippen LogP contribution < -0.4 is 9.64 Å². The molecule has 0 saturated carbocycles. The number of carbonyl (C=O) groups is 1. The predicted octanol–water partition coefficient (Wildman–Crippen LogP) is 2.41. The van der Waals surface area contributed by atoms with Gasteiger partial charge in [0.25, 0.3) is 10.8 Å². The second kappa shape index (κ2) is 8.72.